The van der Waals surface area contributed by atoms with Crippen molar-refractivity contribution in [2.75, 3.05) is 18.4 Å². The van der Waals surface area contributed by atoms with E-state index in [1.54, 1.807) is 11.6 Å². The zero-order chi connectivity index (χ0) is 13.1. The lowest BCUT2D eigenvalue weighted by molar-refractivity contribution is -0.151. The van der Waals surface area contributed by atoms with E-state index in [9.17, 15) is 9.59 Å². The summed E-state index contributed by atoms with van der Waals surface area (Å²) in [5.41, 5.74) is 0. The van der Waals surface area contributed by atoms with Crippen molar-refractivity contribution in [1.29, 1.82) is 0 Å². The number of ether oxygens (including phenoxy) is 1. The minimum absolute atomic E-state index is 0.0506. The number of carbonyl (C=O) groups excluding carboxylic acids is 2. The number of morpholine rings is 1. The van der Waals surface area contributed by atoms with Crippen molar-refractivity contribution in [3.63, 3.8) is 0 Å². The lowest BCUT2D eigenvalue weighted by Crippen LogP contribution is -2.51. The van der Waals surface area contributed by atoms with Crippen LogP contribution in [0.1, 0.15) is 13.8 Å². The van der Waals surface area contributed by atoms with E-state index in [-0.39, 0.29) is 12.2 Å². The number of nitrogens with one attached hydrogen (secondary N) is 1. The summed E-state index contributed by atoms with van der Waals surface area (Å²) in [6.07, 6.45) is 1.47. The third-order valence-electron chi connectivity index (χ3n) is 2.55. The van der Waals surface area contributed by atoms with Gasteiger partial charge in [0, 0.05) is 24.7 Å². The zero-order valence-corrected chi connectivity index (χ0v) is 11.1. The number of anilines is 1. The first-order valence-corrected chi connectivity index (χ1v) is 6.59. The highest BCUT2D eigenvalue weighted by Gasteiger charge is 2.29. The predicted octanol–water partition coefficient (Wildman–Crippen LogP) is 0.717. The monoisotopic (exact) mass is 269 g/mol. The van der Waals surface area contributed by atoms with Gasteiger partial charge >= 0.3 is 11.8 Å². The molecule has 2 amide bonds. The molecule has 18 heavy (non-hydrogen) atoms. The van der Waals surface area contributed by atoms with Gasteiger partial charge in [0.25, 0.3) is 0 Å². The summed E-state index contributed by atoms with van der Waals surface area (Å²) >= 11 is 1.28. The van der Waals surface area contributed by atoms with E-state index in [4.69, 9.17) is 4.74 Å². The maximum absolute atomic E-state index is 12.0. The van der Waals surface area contributed by atoms with Crippen molar-refractivity contribution in [3.05, 3.63) is 11.6 Å². The first-order chi connectivity index (χ1) is 8.56. The summed E-state index contributed by atoms with van der Waals surface area (Å²) in [7, 11) is 0. The Morgan fingerprint density at radius 2 is 2.11 bits per heavy atom. The van der Waals surface area contributed by atoms with E-state index >= 15 is 0 Å². The van der Waals surface area contributed by atoms with Crippen LogP contribution in [0.15, 0.2) is 11.6 Å². The summed E-state index contributed by atoms with van der Waals surface area (Å²) in [6, 6.07) is 0. The maximum atomic E-state index is 12.0. The highest BCUT2D eigenvalue weighted by Crippen LogP contribution is 2.13. The molecular weight excluding hydrogens is 254 g/mol. The standard InChI is InChI=1S/C11H15N3O3S/c1-7-5-14(6-8(2)17-7)10(16)9(15)13-11-12-3-4-18-11/h3-4,7-8H,5-6H2,1-2H3,(H,12,13,15). The minimum Gasteiger partial charge on any atom is -0.372 e. The first-order valence-electron chi connectivity index (χ1n) is 5.71. The number of amides is 2. The number of hydrogen-bond acceptors (Lipinski definition) is 5. The molecule has 1 N–H and O–H groups in total. The summed E-state index contributed by atoms with van der Waals surface area (Å²) in [4.78, 5) is 29.1. The van der Waals surface area contributed by atoms with Crippen LogP contribution in [0, 0.1) is 0 Å². The Morgan fingerprint density at radius 1 is 1.44 bits per heavy atom. The molecule has 1 aliphatic rings. The van der Waals surface area contributed by atoms with Crippen molar-refractivity contribution in [2.24, 2.45) is 0 Å². The topological polar surface area (TPSA) is 71.5 Å². The second-order valence-corrected chi connectivity index (χ2v) is 5.15. The Labute approximate surface area is 109 Å². The first kappa shape index (κ1) is 13.0. The molecule has 2 rings (SSSR count). The molecule has 0 aliphatic carbocycles. The molecule has 0 spiro atoms. The normalized spacial score (nSPS) is 23.8. The lowest BCUT2D eigenvalue weighted by atomic mass is 10.2. The van der Waals surface area contributed by atoms with E-state index in [0.717, 1.165) is 0 Å². The molecule has 0 saturated carbocycles. The molecule has 1 aliphatic heterocycles. The second kappa shape index (κ2) is 5.45. The van der Waals surface area contributed by atoms with Crippen LogP contribution in [0.5, 0.6) is 0 Å². The van der Waals surface area contributed by atoms with Gasteiger partial charge in [-0.3, -0.25) is 14.9 Å². The van der Waals surface area contributed by atoms with Gasteiger partial charge in [0.2, 0.25) is 0 Å². The molecule has 98 valence electrons. The van der Waals surface area contributed by atoms with Crippen molar-refractivity contribution in [1.82, 2.24) is 9.88 Å². The fraction of sp³-hybridized carbons (Fsp3) is 0.545. The third kappa shape index (κ3) is 3.05. The molecule has 2 atom stereocenters. The van der Waals surface area contributed by atoms with E-state index in [2.05, 4.69) is 10.3 Å². The van der Waals surface area contributed by atoms with Gasteiger partial charge in [0.15, 0.2) is 5.13 Å². The molecule has 1 aromatic rings. The number of nitrogens with zero attached hydrogens (tertiary/aromatic N) is 2. The number of aromatic nitrogens is 1. The van der Waals surface area contributed by atoms with Crippen LogP contribution in [0.4, 0.5) is 5.13 Å². The SMILES string of the molecule is CC1CN(C(=O)C(=O)Nc2nccs2)CC(C)O1. The Morgan fingerprint density at radius 3 is 2.67 bits per heavy atom. The zero-order valence-electron chi connectivity index (χ0n) is 10.3. The molecule has 1 fully saturated rings. The van der Waals surface area contributed by atoms with Gasteiger partial charge in [-0.05, 0) is 13.8 Å². The third-order valence-corrected chi connectivity index (χ3v) is 3.24. The molecule has 0 aromatic carbocycles. The molecule has 2 heterocycles. The van der Waals surface area contributed by atoms with E-state index in [1.807, 2.05) is 13.8 Å². The smallest absolute Gasteiger partial charge is 0.315 e. The fourth-order valence-electron chi connectivity index (χ4n) is 1.92. The largest absolute Gasteiger partial charge is 0.372 e. The van der Waals surface area contributed by atoms with Crippen LogP contribution >= 0.6 is 11.3 Å². The molecule has 7 heteroatoms. The van der Waals surface area contributed by atoms with Gasteiger partial charge in [-0.2, -0.15) is 0 Å². The van der Waals surface area contributed by atoms with Crippen molar-refractivity contribution in [2.45, 2.75) is 26.1 Å². The highest BCUT2D eigenvalue weighted by molar-refractivity contribution is 7.13. The van der Waals surface area contributed by atoms with Gasteiger partial charge in [0.1, 0.15) is 0 Å². The van der Waals surface area contributed by atoms with Crippen LogP contribution in [-0.4, -0.2) is 47.0 Å². The van der Waals surface area contributed by atoms with Gasteiger partial charge in [0.05, 0.1) is 12.2 Å². The molecule has 1 saturated heterocycles. The van der Waals surface area contributed by atoms with Crippen LogP contribution in [0.25, 0.3) is 0 Å². The Hall–Kier alpha value is -1.47. The quantitative estimate of drug-likeness (QED) is 0.762. The molecule has 6 nitrogen and oxygen atoms in total. The van der Waals surface area contributed by atoms with Gasteiger partial charge in [-0.25, -0.2) is 4.98 Å². The van der Waals surface area contributed by atoms with Gasteiger partial charge in [-0.1, -0.05) is 0 Å². The average Bonchev–Trinajstić information content (AvgIpc) is 2.79. The van der Waals surface area contributed by atoms with E-state index in [0.29, 0.717) is 18.2 Å². The fourth-order valence-corrected chi connectivity index (χ4v) is 2.45. The summed E-state index contributed by atoms with van der Waals surface area (Å²) in [5.74, 6) is -1.18. The number of rotatable bonds is 1. The van der Waals surface area contributed by atoms with Crippen LogP contribution in [-0.2, 0) is 14.3 Å². The molecular formula is C11H15N3O3S. The Bertz CT molecular complexity index is 425. The van der Waals surface area contributed by atoms with Crippen LogP contribution < -0.4 is 5.32 Å². The molecule has 1 aromatic heterocycles. The lowest BCUT2D eigenvalue weighted by Gasteiger charge is -2.34. The number of carbonyl (C=O) groups is 2. The van der Waals surface area contributed by atoms with Crippen molar-refractivity contribution < 1.29 is 14.3 Å². The summed E-state index contributed by atoms with van der Waals surface area (Å²) < 4.78 is 5.52. The van der Waals surface area contributed by atoms with Gasteiger partial charge < -0.3 is 9.64 Å². The van der Waals surface area contributed by atoms with Crippen molar-refractivity contribution in [3.8, 4) is 0 Å². The summed E-state index contributed by atoms with van der Waals surface area (Å²) in [6.45, 7) is 4.65. The van der Waals surface area contributed by atoms with Crippen LogP contribution in [0.2, 0.25) is 0 Å². The van der Waals surface area contributed by atoms with Gasteiger partial charge in [-0.15, -0.1) is 11.3 Å². The Kier molecular flexibility index (Phi) is 3.93. The Balaban J connectivity index is 1.96. The second-order valence-electron chi connectivity index (χ2n) is 4.26. The highest BCUT2D eigenvalue weighted by atomic mass is 32.1. The molecule has 0 bridgehead atoms. The number of thiazole rings is 1. The van der Waals surface area contributed by atoms with Crippen LogP contribution in [0.3, 0.4) is 0 Å². The van der Waals surface area contributed by atoms with E-state index in [1.165, 1.54) is 16.2 Å². The van der Waals surface area contributed by atoms with E-state index < -0.39 is 11.8 Å². The average molecular weight is 269 g/mol. The van der Waals surface area contributed by atoms with Crippen molar-refractivity contribution >= 4 is 28.3 Å². The summed E-state index contributed by atoms with van der Waals surface area (Å²) in [5, 5.41) is 4.65. The molecule has 0 radical (unpaired) electrons. The maximum Gasteiger partial charge on any atom is 0.315 e. The number of hydrogen-bond donors (Lipinski definition) is 1. The predicted molar refractivity (Wildman–Crippen MR) is 67.3 cm³/mol. The molecule has 2 unspecified atom stereocenters. The minimum atomic E-state index is -0.647.